The number of carbonyl (C=O) groups excluding carboxylic acids is 2. The summed E-state index contributed by atoms with van der Waals surface area (Å²) in [6.07, 6.45) is 7.72. The minimum atomic E-state index is -0.0413. The highest BCUT2D eigenvalue weighted by atomic mass is 16.5. The molecule has 128 valence electrons. The van der Waals surface area contributed by atoms with Crippen molar-refractivity contribution in [1.82, 2.24) is 5.32 Å². The number of benzene rings is 1. The maximum atomic E-state index is 12.0. The molecule has 0 heterocycles. The van der Waals surface area contributed by atoms with E-state index in [4.69, 9.17) is 4.74 Å². The van der Waals surface area contributed by atoms with Crippen LogP contribution in [0.1, 0.15) is 68.6 Å². The van der Waals surface area contributed by atoms with Crippen LogP contribution >= 0.6 is 0 Å². The van der Waals surface area contributed by atoms with Crippen LogP contribution in [0.25, 0.3) is 0 Å². The minimum absolute atomic E-state index is 0.0117. The largest absolute Gasteiger partial charge is 0.497 e. The van der Waals surface area contributed by atoms with Gasteiger partial charge in [0.25, 0.3) is 0 Å². The van der Waals surface area contributed by atoms with Crippen molar-refractivity contribution in [3.63, 3.8) is 0 Å². The van der Waals surface area contributed by atoms with Gasteiger partial charge in [0.05, 0.1) is 7.11 Å². The van der Waals surface area contributed by atoms with Crippen LogP contribution in [0, 0.1) is 0 Å². The average molecular weight is 319 g/mol. The molecule has 0 unspecified atom stereocenters. The molecule has 1 rings (SSSR count). The number of carbonyl (C=O) groups is 2. The van der Waals surface area contributed by atoms with Gasteiger partial charge in [-0.2, -0.15) is 0 Å². The lowest BCUT2D eigenvalue weighted by Crippen LogP contribution is -2.24. The molecule has 0 saturated heterocycles. The van der Waals surface area contributed by atoms with Gasteiger partial charge in [-0.25, -0.2) is 0 Å². The van der Waals surface area contributed by atoms with E-state index in [0.29, 0.717) is 12.1 Å². The van der Waals surface area contributed by atoms with Gasteiger partial charge in [0, 0.05) is 24.9 Å². The number of hydrogen-bond acceptors (Lipinski definition) is 3. The third-order valence-corrected chi connectivity index (χ3v) is 3.84. The van der Waals surface area contributed by atoms with E-state index in [2.05, 4.69) is 12.2 Å². The fourth-order valence-corrected chi connectivity index (χ4v) is 2.37. The lowest BCUT2D eigenvalue weighted by atomic mass is 10.1. The highest BCUT2D eigenvalue weighted by Gasteiger charge is 2.09. The second kappa shape index (κ2) is 11.7. The van der Waals surface area contributed by atoms with Crippen LogP contribution in [-0.2, 0) is 4.79 Å². The van der Waals surface area contributed by atoms with E-state index in [1.165, 1.54) is 25.7 Å². The van der Waals surface area contributed by atoms with Crippen molar-refractivity contribution in [2.45, 2.75) is 58.3 Å². The summed E-state index contributed by atoms with van der Waals surface area (Å²) in [5, 5.41) is 2.89. The zero-order valence-corrected chi connectivity index (χ0v) is 14.4. The van der Waals surface area contributed by atoms with E-state index in [1.54, 1.807) is 31.4 Å². The summed E-state index contributed by atoms with van der Waals surface area (Å²) in [5.74, 6) is 0.668. The number of ether oxygens (including phenoxy) is 1. The number of ketones is 1. The van der Waals surface area contributed by atoms with Crippen LogP contribution in [0.4, 0.5) is 0 Å². The Hall–Kier alpha value is -1.84. The van der Waals surface area contributed by atoms with Gasteiger partial charge in [-0.15, -0.1) is 0 Å². The maximum Gasteiger partial charge on any atom is 0.220 e. The van der Waals surface area contributed by atoms with E-state index in [1.807, 2.05) is 0 Å². The van der Waals surface area contributed by atoms with Gasteiger partial charge < -0.3 is 10.1 Å². The van der Waals surface area contributed by atoms with Crippen LogP contribution in [0.5, 0.6) is 5.75 Å². The van der Waals surface area contributed by atoms with Gasteiger partial charge in [0.2, 0.25) is 5.91 Å². The first-order chi connectivity index (χ1) is 11.2. The summed E-state index contributed by atoms with van der Waals surface area (Å²) in [6.45, 7) is 2.91. The Kier molecular flexibility index (Phi) is 9.76. The molecule has 0 aromatic heterocycles. The van der Waals surface area contributed by atoms with Gasteiger partial charge in [0.15, 0.2) is 5.78 Å². The molecule has 0 atom stereocenters. The SMILES string of the molecule is CCCCCCCCNC(=O)CCC(=O)c1ccc(OC)cc1. The molecule has 1 aromatic rings. The Morgan fingerprint density at radius 1 is 0.957 bits per heavy atom. The average Bonchev–Trinajstić information content (AvgIpc) is 2.59. The van der Waals surface area contributed by atoms with E-state index in [-0.39, 0.29) is 24.5 Å². The van der Waals surface area contributed by atoms with Crippen LogP contribution in [0.2, 0.25) is 0 Å². The van der Waals surface area contributed by atoms with E-state index in [0.717, 1.165) is 18.6 Å². The first-order valence-corrected chi connectivity index (χ1v) is 8.61. The normalized spacial score (nSPS) is 10.3. The van der Waals surface area contributed by atoms with Crippen LogP contribution in [0.3, 0.4) is 0 Å². The first-order valence-electron chi connectivity index (χ1n) is 8.61. The number of methoxy groups -OCH3 is 1. The fourth-order valence-electron chi connectivity index (χ4n) is 2.37. The van der Waals surface area contributed by atoms with E-state index in [9.17, 15) is 9.59 Å². The fraction of sp³-hybridized carbons (Fsp3) is 0.579. The van der Waals surface area contributed by atoms with Gasteiger partial charge in [0.1, 0.15) is 5.75 Å². The number of Topliss-reactive ketones (excluding diaryl/α,β-unsaturated/α-hetero) is 1. The Balaban J connectivity index is 2.13. The number of unbranched alkanes of at least 4 members (excludes halogenated alkanes) is 5. The van der Waals surface area contributed by atoms with Crippen molar-refractivity contribution in [2.24, 2.45) is 0 Å². The molecule has 0 aliphatic heterocycles. The second-order valence-corrected chi connectivity index (χ2v) is 5.77. The minimum Gasteiger partial charge on any atom is -0.497 e. The standard InChI is InChI=1S/C19H29NO3/c1-3-4-5-6-7-8-15-20-19(22)14-13-18(21)16-9-11-17(23-2)12-10-16/h9-12H,3-8,13-15H2,1-2H3,(H,20,22). The van der Waals surface area contributed by atoms with E-state index >= 15 is 0 Å². The summed E-state index contributed by atoms with van der Waals surface area (Å²) in [6, 6.07) is 6.97. The molecule has 1 aromatic carbocycles. The second-order valence-electron chi connectivity index (χ2n) is 5.77. The lowest BCUT2D eigenvalue weighted by Gasteiger charge is -2.06. The molecular weight excluding hydrogens is 290 g/mol. The van der Waals surface area contributed by atoms with E-state index < -0.39 is 0 Å². The molecular formula is C19H29NO3. The van der Waals surface area contributed by atoms with Crippen molar-refractivity contribution in [1.29, 1.82) is 0 Å². The number of hydrogen-bond donors (Lipinski definition) is 1. The smallest absolute Gasteiger partial charge is 0.220 e. The van der Waals surface area contributed by atoms with Gasteiger partial charge in [-0.1, -0.05) is 39.0 Å². The van der Waals surface area contributed by atoms with Gasteiger partial charge in [-0.05, 0) is 30.7 Å². The lowest BCUT2D eigenvalue weighted by molar-refractivity contribution is -0.121. The zero-order valence-electron chi connectivity index (χ0n) is 14.4. The van der Waals surface area contributed by atoms with Crippen LogP contribution in [0.15, 0.2) is 24.3 Å². The Morgan fingerprint density at radius 3 is 2.26 bits per heavy atom. The predicted octanol–water partition coefficient (Wildman–Crippen LogP) is 4.13. The topological polar surface area (TPSA) is 55.4 Å². The monoisotopic (exact) mass is 319 g/mol. The van der Waals surface area contributed by atoms with Crippen molar-refractivity contribution in [3.05, 3.63) is 29.8 Å². The van der Waals surface area contributed by atoms with Crippen molar-refractivity contribution in [2.75, 3.05) is 13.7 Å². The molecule has 1 N–H and O–H groups in total. The molecule has 4 nitrogen and oxygen atoms in total. The molecule has 0 aliphatic carbocycles. The summed E-state index contributed by atoms with van der Waals surface area (Å²) in [7, 11) is 1.59. The quantitative estimate of drug-likeness (QED) is 0.465. The Bertz CT molecular complexity index is 468. The predicted molar refractivity (Wildman–Crippen MR) is 92.9 cm³/mol. The molecule has 0 saturated carbocycles. The maximum absolute atomic E-state index is 12.0. The molecule has 4 heteroatoms. The van der Waals surface area contributed by atoms with Crippen LogP contribution < -0.4 is 10.1 Å². The van der Waals surface area contributed by atoms with Crippen molar-refractivity contribution < 1.29 is 14.3 Å². The Morgan fingerprint density at radius 2 is 1.61 bits per heavy atom. The first kappa shape index (κ1) is 19.2. The molecule has 0 aliphatic rings. The molecule has 1 amide bonds. The van der Waals surface area contributed by atoms with Gasteiger partial charge in [-0.3, -0.25) is 9.59 Å². The highest BCUT2D eigenvalue weighted by Crippen LogP contribution is 2.13. The highest BCUT2D eigenvalue weighted by molar-refractivity contribution is 5.98. The molecule has 0 fully saturated rings. The summed E-state index contributed by atoms with van der Waals surface area (Å²) >= 11 is 0. The third-order valence-electron chi connectivity index (χ3n) is 3.84. The van der Waals surface area contributed by atoms with Crippen molar-refractivity contribution in [3.8, 4) is 5.75 Å². The third kappa shape index (κ3) is 8.38. The Labute approximate surface area is 139 Å². The summed E-state index contributed by atoms with van der Waals surface area (Å²) < 4.78 is 5.06. The molecule has 23 heavy (non-hydrogen) atoms. The van der Waals surface area contributed by atoms with Crippen LogP contribution in [-0.4, -0.2) is 25.3 Å². The van der Waals surface area contributed by atoms with Crippen molar-refractivity contribution >= 4 is 11.7 Å². The molecule has 0 radical (unpaired) electrons. The molecule has 0 spiro atoms. The zero-order chi connectivity index (χ0) is 16.9. The number of nitrogens with one attached hydrogen (secondary N) is 1. The molecule has 0 bridgehead atoms. The summed E-state index contributed by atoms with van der Waals surface area (Å²) in [5.41, 5.74) is 0.620. The van der Waals surface area contributed by atoms with Gasteiger partial charge >= 0.3 is 0 Å². The number of amides is 1. The summed E-state index contributed by atoms with van der Waals surface area (Å²) in [4.78, 5) is 23.7. The number of rotatable bonds is 12.